The van der Waals surface area contributed by atoms with E-state index in [2.05, 4.69) is 29.2 Å². The molecule has 0 saturated carbocycles. The van der Waals surface area contributed by atoms with Gasteiger partial charge in [-0.2, -0.15) is 5.10 Å². The molecule has 0 aliphatic heterocycles. The summed E-state index contributed by atoms with van der Waals surface area (Å²) in [6.45, 7) is 4.15. The number of amides is 1. The summed E-state index contributed by atoms with van der Waals surface area (Å²) in [6, 6.07) is 5.41. The van der Waals surface area contributed by atoms with Crippen molar-refractivity contribution < 1.29 is 4.79 Å². The van der Waals surface area contributed by atoms with Gasteiger partial charge in [0.05, 0.1) is 12.2 Å². The molecular weight excluding hydrogens is 228 g/mol. The van der Waals surface area contributed by atoms with Gasteiger partial charge in [0.2, 0.25) is 0 Å². The Kier molecular flexibility index (Phi) is 3.72. The highest BCUT2D eigenvalue weighted by Crippen LogP contribution is 2.17. The van der Waals surface area contributed by atoms with Crippen molar-refractivity contribution in [1.82, 2.24) is 14.8 Å². The smallest absolute Gasteiger partial charge is 0.256 e. The number of pyridine rings is 1. The van der Waals surface area contributed by atoms with Gasteiger partial charge in [-0.05, 0) is 25.5 Å². The first kappa shape index (κ1) is 12.3. The number of nitrogens with zero attached hydrogens (tertiary/aromatic N) is 3. The van der Waals surface area contributed by atoms with Crippen LogP contribution in [-0.2, 0) is 0 Å². The van der Waals surface area contributed by atoms with Crippen LogP contribution < -0.4 is 5.32 Å². The average molecular weight is 244 g/mol. The molecule has 5 heteroatoms. The van der Waals surface area contributed by atoms with Gasteiger partial charge >= 0.3 is 0 Å². The third-order valence-corrected chi connectivity index (χ3v) is 2.86. The van der Waals surface area contributed by atoms with Gasteiger partial charge < -0.3 is 5.32 Å². The van der Waals surface area contributed by atoms with Crippen molar-refractivity contribution in [2.45, 2.75) is 26.3 Å². The summed E-state index contributed by atoms with van der Waals surface area (Å²) in [7, 11) is 0. The number of carbonyl (C=O) groups excluding carboxylic acids is 1. The first-order valence-corrected chi connectivity index (χ1v) is 5.97. The largest absolute Gasteiger partial charge is 0.307 e. The number of nitrogens with one attached hydrogen (secondary N) is 1. The Morgan fingerprint density at radius 2 is 2.06 bits per heavy atom. The van der Waals surface area contributed by atoms with Crippen LogP contribution in [0.2, 0.25) is 0 Å². The Morgan fingerprint density at radius 3 is 2.72 bits per heavy atom. The second-order valence-corrected chi connectivity index (χ2v) is 4.11. The molecule has 18 heavy (non-hydrogen) atoms. The van der Waals surface area contributed by atoms with E-state index >= 15 is 0 Å². The third-order valence-electron chi connectivity index (χ3n) is 2.86. The zero-order valence-corrected chi connectivity index (χ0v) is 10.5. The summed E-state index contributed by atoms with van der Waals surface area (Å²) in [4.78, 5) is 15.9. The minimum Gasteiger partial charge on any atom is -0.307 e. The van der Waals surface area contributed by atoms with Gasteiger partial charge in [-0.25, -0.2) is 4.68 Å². The summed E-state index contributed by atoms with van der Waals surface area (Å²) in [5, 5.41) is 7.08. The van der Waals surface area contributed by atoms with E-state index in [0.717, 1.165) is 6.42 Å². The SMILES string of the molecule is CCC(C)n1nccc1NC(=O)c1ccncc1. The molecular formula is C13H16N4O. The molecule has 94 valence electrons. The highest BCUT2D eigenvalue weighted by atomic mass is 16.1. The van der Waals surface area contributed by atoms with E-state index in [1.807, 2.05) is 4.68 Å². The molecule has 2 aromatic rings. The molecule has 1 unspecified atom stereocenters. The van der Waals surface area contributed by atoms with E-state index in [1.165, 1.54) is 0 Å². The minimum absolute atomic E-state index is 0.151. The topological polar surface area (TPSA) is 59.8 Å². The van der Waals surface area contributed by atoms with Crippen LogP contribution in [0.3, 0.4) is 0 Å². The van der Waals surface area contributed by atoms with E-state index in [0.29, 0.717) is 11.4 Å². The quantitative estimate of drug-likeness (QED) is 0.898. The first-order valence-electron chi connectivity index (χ1n) is 5.97. The van der Waals surface area contributed by atoms with E-state index < -0.39 is 0 Å². The van der Waals surface area contributed by atoms with Crippen LogP contribution in [0.1, 0.15) is 36.7 Å². The molecule has 0 fully saturated rings. The van der Waals surface area contributed by atoms with Gasteiger partial charge in [-0.15, -0.1) is 0 Å². The molecule has 2 rings (SSSR count). The van der Waals surface area contributed by atoms with Crippen molar-refractivity contribution in [3.05, 3.63) is 42.4 Å². The van der Waals surface area contributed by atoms with Gasteiger partial charge in [0.1, 0.15) is 5.82 Å². The van der Waals surface area contributed by atoms with Crippen molar-refractivity contribution in [2.75, 3.05) is 5.32 Å². The van der Waals surface area contributed by atoms with E-state index in [1.54, 1.807) is 36.8 Å². The fourth-order valence-electron chi connectivity index (χ4n) is 1.63. The lowest BCUT2D eigenvalue weighted by molar-refractivity contribution is 0.102. The standard InChI is InChI=1S/C13H16N4O/c1-3-10(2)17-12(6-9-15-17)16-13(18)11-4-7-14-8-5-11/h4-10H,3H2,1-2H3,(H,16,18). The molecule has 0 radical (unpaired) electrons. The Labute approximate surface area is 106 Å². The van der Waals surface area contributed by atoms with Crippen molar-refractivity contribution in [3.8, 4) is 0 Å². The highest BCUT2D eigenvalue weighted by molar-refractivity contribution is 6.03. The maximum Gasteiger partial charge on any atom is 0.256 e. The Balaban J connectivity index is 2.15. The van der Waals surface area contributed by atoms with E-state index in [9.17, 15) is 4.79 Å². The van der Waals surface area contributed by atoms with Crippen LogP contribution in [0.4, 0.5) is 5.82 Å². The highest BCUT2D eigenvalue weighted by Gasteiger charge is 2.12. The molecule has 0 bridgehead atoms. The second kappa shape index (κ2) is 5.44. The molecule has 1 atom stereocenters. The first-order chi connectivity index (χ1) is 8.72. The maximum atomic E-state index is 12.0. The number of anilines is 1. The van der Waals surface area contributed by atoms with Crippen LogP contribution in [-0.4, -0.2) is 20.7 Å². The fourth-order valence-corrected chi connectivity index (χ4v) is 1.63. The van der Waals surface area contributed by atoms with Gasteiger partial charge in [0.15, 0.2) is 0 Å². The predicted octanol–water partition coefficient (Wildman–Crippen LogP) is 2.50. The number of carbonyl (C=O) groups is 1. The van der Waals surface area contributed by atoms with Crippen LogP contribution in [0.25, 0.3) is 0 Å². The Morgan fingerprint density at radius 1 is 1.33 bits per heavy atom. The average Bonchev–Trinajstić information content (AvgIpc) is 2.87. The van der Waals surface area contributed by atoms with Gasteiger partial charge in [-0.3, -0.25) is 9.78 Å². The van der Waals surface area contributed by atoms with Crippen molar-refractivity contribution in [1.29, 1.82) is 0 Å². The van der Waals surface area contributed by atoms with Crippen LogP contribution >= 0.6 is 0 Å². The van der Waals surface area contributed by atoms with Crippen LogP contribution in [0.5, 0.6) is 0 Å². The minimum atomic E-state index is -0.151. The van der Waals surface area contributed by atoms with E-state index in [4.69, 9.17) is 0 Å². The lowest BCUT2D eigenvalue weighted by Crippen LogP contribution is -2.17. The second-order valence-electron chi connectivity index (χ2n) is 4.11. The van der Waals surface area contributed by atoms with Crippen molar-refractivity contribution in [2.24, 2.45) is 0 Å². The molecule has 0 spiro atoms. The molecule has 0 aromatic carbocycles. The summed E-state index contributed by atoms with van der Waals surface area (Å²) in [5.74, 6) is 0.564. The molecule has 0 aliphatic rings. The molecule has 2 heterocycles. The summed E-state index contributed by atoms with van der Waals surface area (Å²) in [5.41, 5.74) is 0.585. The maximum absolute atomic E-state index is 12.0. The zero-order chi connectivity index (χ0) is 13.0. The summed E-state index contributed by atoms with van der Waals surface area (Å²) in [6.07, 6.45) is 5.84. The zero-order valence-electron chi connectivity index (χ0n) is 10.5. The molecule has 1 N–H and O–H groups in total. The molecule has 0 saturated heterocycles. The van der Waals surface area contributed by atoms with Crippen molar-refractivity contribution in [3.63, 3.8) is 0 Å². The van der Waals surface area contributed by atoms with Gasteiger partial charge in [0, 0.05) is 24.0 Å². The normalized spacial score (nSPS) is 12.1. The number of hydrogen-bond donors (Lipinski definition) is 1. The Hall–Kier alpha value is -2.17. The third kappa shape index (κ3) is 2.56. The number of rotatable bonds is 4. The Bertz CT molecular complexity index is 521. The fraction of sp³-hybridized carbons (Fsp3) is 0.308. The van der Waals surface area contributed by atoms with Crippen LogP contribution in [0, 0.1) is 0 Å². The number of aromatic nitrogens is 3. The molecule has 0 aliphatic carbocycles. The van der Waals surface area contributed by atoms with E-state index in [-0.39, 0.29) is 11.9 Å². The van der Waals surface area contributed by atoms with Crippen molar-refractivity contribution >= 4 is 11.7 Å². The summed E-state index contributed by atoms with van der Waals surface area (Å²) >= 11 is 0. The molecule has 5 nitrogen and oxygen atoms in total. The lowest BCUT2D eigenvalue weighted by Gasteiger charge is -2.14. The predicted molar refractivity (Wildman–Crippen MR) is 69.4 cm³/mol. The van der Waals surface area contributed by atoms with Gasteiger partial charge in [0.25, 0.3) is 5.91 Å². The van der Waals surface area contributed by atoms with Crippen LogP contribution in [0.15, 0.2) is 36.8 Å². The molecule has 2 aromatic heterocycles. The summed E-state index contributed by atoms with van der Waals surface area (Å²) < 4.78 is 1.82. The lowest BCUT2D eigenvalue weighted by atomic mass is 10.2. The monoisotopic (exact) mass is 244 g/mol. The van der Waals surface area contributed by atoms with Gasteiger partial charge in [-0.1, -0.05) is 6.92 Å². The molecule has 1 amide bonds. The number of hydrogen-bond acceptors (Lipinski definition) is 3.